The standard InChI is InChI=1S/C19H18F2N2O2/c20-15-6-7-17(16(21)11-15)22-19(25)14-10-18(24)23(12-14)9-8-13-4-2-1-3-5-13/h1-7,11,14H,8-10,12H2,(H,22,25). The molecule has 2 aromatic carbocycles. The number of hydrogen-bond donors (Lipinski definition) is 1. The Morgan fingerprint density at radius 1 is 1.16 bits per heavy atom. The van der Waals surface area contributed by atoms with Crippen LogP contribution in [0.5, 0.6) is 0 Å². The number of nitrogens with one attached hydrogen (secondary N) is 1. The van der Waals surface area contributed by atoms with Gasteiger partial charge < -0.3 is 10.2 Å². The van der Waals surface area contributed by atoms with Gasteiger partial charge in [-0.05, 0) is 24.1 Å². The first-order valence-corrected chi connectivity index (χ1v) is 8.10. The summed E-state index contributed by atoms with van der Waals surface area (Å²) in [4.78, 5) is 26.0. The van der Waals surface area contributed by atoms with E-state index in [9.17, 15) is 18.4 Å². The van der Waals surface area contributed by atoms with Gasteiger partial charge in [0.1, 0.15) is 11.6 Å². The third kappa shape index (κ3) is 4.21. The monoisotopic (exact) mass is 344 g/mol. The molecule has 3 rings (SSSR count). The summed E-state index contributed by atoms with van der Waals surface area (Å²) in [5.74, 6) is -2.60. The Hall–Kier alpha value is -2.76. The Morgan fingerprint density at radius 2 is 1.92 bits per heavy atom. The van der Waals surface area contributed by atoms with Crippen LogP contribution in [0.15, 0.2) is 48.5 Å². The minimum Gasteiger partial charge on any atom is -0.342 e. The number of likely N-dealkylation sites (tertiary alicyclic amines) is 1. The van der Waals surface area contributed by atoms with Crippen LogP contribution >= 0.6 is 0 Å². The van der Waals surface area contributed by atoms with Crippen molar-refractivity contribution in [3.63, 3.8) is 0 Å². The molecular weight excluding hydrogens is 326 g/mol. The summed E-state index contributed by atoms with van der Waals surface area (Å²) in [5, 5.41) is 2.43. The highest BCUT2D eigenvalue weighted by Crippen LogP contribution is 2.22. The molecule has 0 aliphatic carbocycles. The molecule has 1 saturated heterocycles. The summed E-state index contributed by atoms with van der Waals surface area (Å²) >= 11 is 0. The van der Waals surface area contributed by atoms with Crippen molar-refractivity contribution in [2.75, 3.05) is 18.4 Å². The van der Waals surface area contributed by atoms with Crippen molar-refractivity contribution in [3.05, 3.63) is 65.7 Å². The van der Waals surface area contributed by atoms with Gasteiger partial charge in [-0.2, -0.15) is 0 Å². The van der Waals surface area contributed by atoms with Crippen molar-refractivity contribution in [2.24, 2.45) is 5.92 Å². The Balaban J connectivity index is 1.57. The molecule has 1 heterocycles. The Morgan fingerprint density at radius 3 is 2.64 bits per heavy atom. The maximum Gasteiger partial charge on any atom is 0.229 e. The molecule has 0 saturated carbocycles. The lowest BCUT2D eigenvalue weighted by Crippen LogP contribution is -2.30. The Labute approximate surface area is 144 Å². The molecule has 25 heavy (non-hydrogen) atoms. The zero-order valence-electron chi connectivity index (χ0n) is 13.5. The average molecular weight is 344 g/mol. The molecule has 1 aliphatic rings. The lowest BCUT2D eigenvalue weighted by molar-refractivity contribution is -0.128. The number of carbonyl (C=O) groups is 2. The second-order valence-electron chi connectivity index (χ2n) is 6.09. The summed E-state index contributed by atoms with van der Waals surface area (Å²) in [7, 11) is 0. The van der Waals surface area contributed by atoms with E-state index in [2.05, 4.69) is 5.32 Å². The van der Waals surface area contributed by atoms with Crippen LogP contribution in [-0.4, -0.2) is 29.8 Å². The van der Waals surface area contributed by atoms with Crippen LogP contribution in [-0.2, 0) is 16.0 Å². The first kappa shape index (κ1) is 17.1. The molecule has 4 nitrogen and oxygen atoms in total. The Bertz CT molecular complexity index is 780. The van der Waals surface area contributed by atoms with Crippen molar-refractivity contribution in [2.45, 2.75) is 12.8 Å². The van der Waals surface area contributed by atoms with E-state index in [1.165, 1.54) is 6.07 Å². The summed E-state index contributed by atoms with van der Waals surface area (Å²) < 4.78 is 26.5. The van der Waals surface area contributed by atoms with E-state index >= 15 is 0 Å². The van der Waals surface area contributed by atoms with Crippen molar-refractivity contribution in [1.29, 1.82) is 0 Å². The van der Waals surface area contributed by atoms with Gasteiger partial charge in [-0.15, -0.1) is 0 Å². The van der Waals surface area contributed by atoms with Crippen LogP contribution in [0.25, 0.3) is 0 Å². The normalized spacial score (nSPS) is 17.0. The van der Waals surface area contributed by atoms with Gasteiger partial charge in [0.2, 0.25) is 11.8 Å². The van der Waals surface area contributed by atoms with E-state index in [1.807, 2.05) is 30.3 Å². The van der Waals surface area contributed by atoms with Gasteiger partial charge in [-0.3, -0.25) is 9.59 Å². The minimum absolute atomic E-state index is 0.0819. The Kier molecular flexibility index (Phi) is 5.07. The first-order chi connectivity index (χ1) is 12.0. The molecule has 2 aromatic rings. The number of carbonyl (C=O) groups excluding carboxylic acids is 2. The van der Waals surface area contributed by atoms with Crippen molar-refractivity contribution in [3.8, 4) is 0 Å². The molecule has 0 spiro atoms. The smallest absolute Gasteiger partial charge is 0.229 e. The number of halogens is 2. The zero-order chi connectivity index (χ0) is 17.8. The molecule has 0 bridgehead atoms. The highest BCUT2D eigenvalue weighted by atomic mass is 19.1. The molecule has 1 aliphatic heterocycles. The maximum atomic E-state index is 13.6. The fourth-order valence-corrected chi connectivity index (χ4v) is 2.90. The quantitative estimate of drug-likeness (QED) is 0.906. The molecule has 1 N–H and O–H groups in total. The van der Waals surface area contributed by atoms with Gasteiger partial charge in [-0.1, -0.05) is 30.3 Å². The highest BCUT2D eigenvalue weighted by molar-refractivity contribution is 5.97. The van der Waals surface area contributed by atoms with Crippen molar-refractivity contribution in [1.82, 2.24) is 4.90 Å². The molecule has 1 atom stereocenters. The molecule has 1 fully saturated rings. The fraction of sp³-hybridized carbons (Fsp3) is 0.263. The second-order valence-corrected chi connectivity index (χ2v) is 6.09. The predicted molar refractivity (Wildman–Crippen MR) is 89.8 cm³/mol. The SMILES string of the molecule is O=C(Nc1ccc(F)cc1F)C1CC(=O)N(CCc2ccccc2)C1. The topological polar surface area (TPSA) is 49.4 Å². The van der Waals surface area contributed by atoms with Crippen LogP contribution in [0.3, 0.4) is 0 Å². The molecule has 130 valence electrons. The highest BCUT2D eigenvalue weighted by Gasteiger charge is 2.34. The zero-order valence-corrected chi connectivity index (χ0v) is 13.5. The van der Waals surface area contributed by atoms with E-state index in [-0.39, 0.29) is 18.0 Å². The third-order valence-corrected chi connectivity index (χ3v) is 4.29. The summed E-state index contributed by atoms with van der Waals surface area (Å²) in [5.41, 5.74) is 1.04. The fourth-order valence-electron chi connectivity index (χ4n) is 2.90. The van der Waals surface area contributed by atoms with Crippen LogP contribution in [0.2, 0.25) is 0 Å². The third-order valence-electron chi connectivity index (χ3n) is 4.29. The van der Waals surface area contributed by atoms with Crippen LogP contribution in [0.1, 0.15) is 12.0 Å². The lowest BCUT2D eigenvalue weighted by atomic mass is 10.1. The van der Waals surface area contributed by atoms with Crippen molar-refractivity contribution < 1.29 is 18.4 Å². The number of anilines is 1. The van der Waals surface area contributed by atoms with Gasteiger partial charge in [0.15, 0.2) is 0 Å². The molecular formula is C19H18F2N2O2. The molecule has 0 aromatic heterocycles. The first-order valence-electron chi connectivity index (χ1n) is 8.10. The van der Waals surface area contributed by atoms with Crippen molar-refractivity contribution >= 4 is 17.5 Å². The molecule has 2 amide bonds. The van der Waals surface area contributed by atoms with Gasteiger partial charge in [0.05, 0.1) is 11.6 Å². The molecule has 0 radical (unpaired) electrons. The van der Waals surface area contributed by atoms with Crippen LogP contribution in [0, 0.1) is 17.6 Å². The summed E-state index contributed by atoms with van der Waals surface area (Å²) in [6.07, 6.45) is 0.816. The maximum absolute atomic E-state index is 13.6. The number of amides is 2. The number of nitrogens with zero attached hydrogens (tertiary/aromatic N) is 1. The van der Waals surface area contributed by atoms with Gasteiger partial charge in [0, 0.05) is 25.6 Å². The van der Waals surface area contributed by atoms with E-state index in [1.54, 1.807) is 4.90 Å². The van der Waals surface area contributed by atoms with Gasteiger partial charge in [0.25, 0.3) is 0 Å². The second kappa shape index (κ2) is 7.42. The predicted octanol–water partition coefficient (Wildman–Crippen LogP) is 2.99. The number of hydrogen-bond acceptors (Lipinski definition) is 2. The molecule has 1 unspecified atom stereocenters. The van der Waals surface area contributed by atoms with E-state index in [0.29, 0.717) is 25.6 Å². The average Bonchev–Trinajstić information content (AvgIpc) is 2.97. The van der Waals surface area contributed by atoms with E-state index < -0.39 is 23.5 Å². The number of rotatable bonds is 5. The van der Waals surface area contributed by atoms with Crippen LogP contribution < -0.4 is 5.32 Å². The van der Waals surface area contributed by atoms with E-state index in [0.717, 1.165) is 11.6 Å². The van der Waals surface area contributed by atoms with Gasteiger partial charge >= 0.3 is 0 Å². The lowest BCUT2D eigenvalue weighted by Gasteiger charge is -2.16. The minimum atomic E-state index is -0.835. The molecule has 6 heteroatoms. The summed E-state index contributed by atoms with van der Waals surface area (Å²) in [6.45, 7) is 0.845. The number of benzene rings is 2. The van der Waals surface area contributed by atoms with Gasteiger partial charge in [-0.25, -0.2) is 8.78 Å². The van der Waals surface area contributed by atoms with E-state index in [4.69, 9.17) is 0 Å². The van der Waals surface area contributed by atoms with Crippen LogP contribution in [0.4, 0.5) is 14.5 Å². The summed E-state index contributed by atoms with van der Waals surface area (Å²) in [6, 6.07) is 12.7. The largest absolute Gasteiger partial charge is 0.342 e.